The number of nitrogens with zero attached hydrogens (tertiary/aromatic N) is 1. The van der Waals surface area contributed by atoms with E-state index in [0.29, 0.717) is 42.9 Å². The molecule has 0 saturated carbocycles. The highest BCUT2D eigenvalue weighted by Crippen LogP contribution is 2.65. The highest BCUT2D eigenvalue weighted by Gasteiger charge is 2.72. The zero-order valence-corrected chi connectivity index (χ0v) is 20.3. The topological polar surface area (TPSA) is 107 Å². The van der Waals surface area contributed by atoms with E-state index in [1.165, 1.54) is 6.92 Å². The van der Waals surface area contributed by atoms with Gasteiger partial charge in [0.25, 0.3) is 0 Å². The number of carbonyl (C=O) groups excluding carboxylic acids is 2. The Morgan fingerprint density at radius 1 is 1.34 bits per heavy atom. The zero-order chi connectivity index (χ0) is 24.5. The van der Waals surface area contributed by atoms with E-state index in [2.05, 4.69) is 16.3 Å². The molecule has 9 heteroatoms. The third-order valence-corrected chi connectivity index (χ3v) is 8.75. The van der Waals surface area contributed by atoms with Crippen LogP contribution in [0, 0.1) is 0 Å². The molecule has 1 spiro atoms. The van der Waals surface area contributed by atoms with Crippen LogP contribution in [0.15, 0.2) is 24.0 Å². The first-order valence-electron chi connectivity index (χ1n) is 12.5. The van der Waals surface area contributed by atoms with E-state index in [1.54, 1.807) is 13.2 Å². The van der Waals surface area contributed by atoms with Gasteiger partial charge in [0.1, 0.15) is 11.8 Å². The summed E-state index contributed by atoms with van der Waals surface area (Å²) in [5.41, 5.74) is 0.280. The van der Waals surface area contributed by atoms with Crippen molar-refractivity contribution >= 4 is 11.9 Å². The standard InChI is InChI=1S/C26H32N2O7/c1-14(33-24(30)16-5-4-11-27-16)23(29)34-18-8-9-26(31)19-13-15-6-7-17(32-3)21-20(15)25(26,22(18)35-21)10-12-28(19)2/h6-8,14,16,19,22,27,31H,4-5,9-13H2,1-3H3/t14-,16?,19+,22?,25?,26+/m0/s1. The van der Waals surface area contributed by atoms with Gasteiger partial charge in [0.15, 0.2) is 23.7 Å². The van der Waals surface area contributed by atoms with Crippen LogP contribution in [0.5, 0.6) is 11.5 Å². The number of ether oxygens (including phenoxy) is 4. The molecule has 2 aliphatic carbocycles. The van der Waals surface area contributed by atoms with Gasteiger partial charge in [0.2, 0.25) is 0 Å². The molecule has 35 heavy (non-hydrogen) atoms. The summed E-state index contributed by atoms with van der Waals surface area (Å²) in [6.45, 7) is 3.06. The second kappa shape index (κ2) is 7.94. The van der Waals surface area contributed by atoms with Gasteiger partial charge in [0.05, 0.1) is 18.1 Å². The Labute approximate surface area is 204 Å². The molecule has 3 aliphatic heterocycles. The van der Waals surface area contributed by atoms with Crippen LogP contribution < -0.4 is 14.8 Å². The number of hydrogen-bond donors (Lipinski definition) is 2. The summed E-state index contributed by atoms with van der Waals surface area (Å²) in [5.74, 6) is 0.477. The molecule has 6 rings (SSSR count). The summed E-state index contributed by atoms with van der Waals surface area (Å²) in [7, 11) is 3.64. The minimum atomic E-state index is -1.07. The van der Waals surface area contributed by atoms with Gasteiger partial charge >= 0.3 is 11.9 Å². The maximum atomic E-state index is 13.0. The largest absolute Gasteiger partial charge is 0.493 e. The number of likely N-dealkylation sites (N-methyl/N-ethyl adjacent to an activating group) is 1. The number of rotatable bonds is 5. The lowest BCUT2D eigenvalue weighted by atomic mass is 9.50. The summed E-state index contributed by atoms with van der Waals surface area (Å²) in [4.78, 5) is 27.6. The first-order valence-corrected chi connectivity index (χ1v) is 12.5. The van der Waals surface area contributed by atoms with E-state index >= 15 is 0 Å². The molecule has 5 aliphatic rings. The fourth-order valence-corrected chi connectivity index (χ4v) is 6.98. The number of likely N-dealkylation sites (tertiary alicyclic amines) is 1. The summed E-state index contributed by atoms with van der Waals surface area (Å²) < 4.78 is 23.3. The van der Waals surface area contributed by atoms with Crippen molar-refractivity contribution in [1.29, 1.82) is 0 Å². The average Bonchev–Trinajstić information content (AvgIpc) is 3.49. The molecule has 2 N–H and O–H groups in total. The number of esters is 2. The van der Waals surface area contributed by atoms with E-state index in [4.69, 9.17) is 18.9 Å². The third-order valence-electron chi connectivity index (χ3n) is 8.75. The van der Waals surface area contributed by atoms with Crippen molar-refractivity contribution in [2.75, 3.05) is 27.2 Å². The molecule has 2 saturated heterocycles. The SMILES string of the molecule is COc1ccc2c3c1OC1C(OC(=O)[C@H](C)OC(=O)C4CCCN4)=CC[C@@]4(O)[C@@H](C2)N(C)CCC314. The van der Waals surface area contributed by atoms with Crippen LogP contribution in [0.4, 0.5) is 0 Å². The van der Waals surface area contributed by atoms with Gasteiger partial charge in [-0.2, -0.15) is 0 Å². The minimum Gasteiger partial charge on any atom is -0.493 e. The molecular formula is C26H32N2O7. The van der Waals surface area contributed by atoms with Gasteiger partial charge in [-0.1, -0.05) is 6.07 Å². The Hall–Kier alpha value is -2.62. The molecule has 2 bridgehead atoms. The van der Waals surface area contributed by atoms with E-state index < -0.39 is 35.2 Å². The molecular weight excluding hydrogens is 452 g/mol. The van der Waals surface area contributed by atoms with Gasteiger partial charge in [-0.05, 0) is 70.5 Å². The number of hydrogen-bond acceptors (Lipinski definition) is 9. The summed E-state index contributed by atoms with van der Waals surface area (Å²) in [6.07, 6.45) is 3.33. The van der Waals surface area contributed by atoms with Crippen molar-refractivity contribution in [3.8, 4) is 11.5 Å². The number of methoxy groups -OCH3 is 1. The molecule has 9 nitrogen and oxygen atoms in total. The minimum absolute atomic E-state index is 0.0820. The fourth-order valence-electron chi connectivity index (χ4n) is 6.98. The molecule has 0 aromatic heterocycles. The predicted molar refractivity (Wildman–Crippen MR) is 124 cm³/mol. The van der Waals surface area contributed by atoms with Gasteiger partial charge in [-0.3, -0.25) is 4.79 Å². The Balaban J connectivity index is 1.32. The molecule has 1 aromatic carbocycles. The lowest BCUT2D eigenvalue weighted by Crippen LogP contribution is -2.74. The fraction of sp³-hybridized carbons (Fsp3) is 0.615. The van der Waals surface area contributed by atoms with Crippen molar-refractivity contribution in [3.05, 3.63) is 35.1 Å². The normalized spacial score (nSPS) is 35.4. The molecule has 3 unspecified atom stereocenters. The molecule has 2 fully saturated rings. The van der Waals surface area contributed by atoms with Gasteiger partial charge in [-0.25, -0.2) is 4.79 Å². The van der Waals surface area contributed by atoms with Crippen LogP contribution in [0.2, 0.25) is 0 Å². The van der Waals surface area contributed by atoms with Crippen LogP contribution in [0.1, 0.15) is 43.7 Å². The van der Waals surface area contributed by atoms with Gasteiger partial charge in [0, 0.05) is 18.0 Å². The second-order valence-corrected chi connectivity index (χ2v) is 10.4. The first-order chi connectivity index (χ1) is 16.8. The zero-order valence-electron chi connectivity index (χ0n) is 20.3. The summed E-state index contributed by atoms with van der Waals surface area (Å²) >= 11 is 0. The highest BCUT2D eigenvalue weighted by atomic mass is 16.6. The van der Waals surface area contributed by atoms with Crippen LogP contribution in [-0.2, 0) is 30.9 Å². The molecule has 6 atom stereocenters. The second-order valence-electron chi connectivity index (χ2n) is 10.4. The number of piperidine rings is 1. The monoisotopic (exact) mass is 484 g/mol. The quantitative estimate of drug-likeness (QED) is 0.596. The lowest BCUT2D eigenvalue weighted by Gasteiger charge is -2.61. The third kappa shape index (κ3) is 3.04. The molecule has 3 heterocycles. The Kier molecular flexibility index (Phi) is 5.18. The Morgan fingerprint density at radius 3 is 2.91 bits per heavy atom. The van der Waals surface area contributed by atoms with Crippen LogP contribution >= 0.6 is 0 Å². The van der Waals surface area contributed by atoms with E-state index in [9.17, 15) is 14.7 Å². The van der Waals surface area contributed by atoms with Crippen molar-refractivity contribution in [3.63, 3.8) is 0 Å². The Bertz CT molecular complexity index is 1110. The Morgan fingerprint density at radius 2 is 2.17 bits per heavy atom. The summed E-state index contributed by atoms with van der Waals surface area (Å²) in [5, 5.41) is 15.3. The number of carbonyl (C=O) groups is 2. The lowest BCUT2D eigenvalue weighted by molar-refractivity contribution is -0.176. The number of nitrogens with one attached hydrogen (secondary N) is 1. The predicted octanol–water partition coefficient (Wildman–Crippen LogP) is 1.20. The van der Waals surface area contributed by atoms with E-state index in [1.807, 2.05) is 13.1 Å². The van der Waals surface area contributed by atoms with Crippen molar-refractivity contribution < 1.29 is 33.6 Å². The van der Waals surface area contributed by atoms with Crippen molar-refractivity contribution in [2.24, 2.45) is 0 Å². The van der Waals surface area contributed by atoms with Crippen LogP contribution in [0.25, 0.3) is 0 Å². The van der Waals surface area contributed by atoms with Crippen LogP contribution in [-0.4, -0.2) is 79.1 Å². The smallest absolute Gasteiger partial charge is 0.352 e. The van der Waals surface area contributed by atoms with E-state index in [-0.39, 0.29) is 12.1 Å². The van der Waals surface area contributed by atoms with Crippen molar-refractivity contribution in [2.45, 2.75) is 74.3 Å². The van der Waals surface area contributed by atoms with Gasteiger partial charge < -0.3 is 34.3 Å². The maximum Gasteiger partial charge on any atom is 0.352 e. The number of benzene rings is 1. The highest BCUT2D eigenvalue weighted by molar-refractivity contribution is 5.82. The average molecular weight is 485 g/mol. The molecule has 0 radical (unpaired) electrons. The van der Waals surface area contributed by atoms with Gasteiger partial charge in [-0.15, -0.1) is 0 Å². The maximum absolute atomic E-state index is 13.0. The molecule has 0 amide bonds. The first kappa shape index (κ1) is 22.8. The van der Waals surface area contributed by atoms with Crippen molar-refractivity contribution in [1.82, 2.24) is 10.2 Å². The van der Waals surface area contributed by atoms with Crippen LogP contribution in [0.3, 0.4) is 0 Å². The molecule has 1 aromatic rings. The summed E-state index contributed by atoms with van der Waals surface area (Å²) in [6, 6.07) is 3.49. The van der Waals surface area contributed by atoms with E-state index in [0.717, 1.165) is 30.6 Å². The number of aliphatic hydroxyl groups is 1. The molecule has 188 valence electrons.